The molecule has 0 radical (unpaired) electrons. The highest BCUT2D eigenvalue weighted by molar-refractivity contribution is 7.99. The van der Waals surface area contributed by atoms with E-state index in [0.29, 0.717) is 5.41 Å². The highest BCUT2D eigenvalue weighted by atomic mass is 35.5. The van der Waals surface area contributed by atoms with Gasteiger partial charge in [-0.2, -0.15) is 11.8 Å². The predicted octanol–water partition coefficient (Wildman–Crippen LogP) is 1.85. The molecule has 2 saturated heterocycles. The summed E-state index contributed by atoms with van der Waals surface area (Å²) in [5.41, 5.74) is 0.543. The summed E-state index contributed by atoms with van der Waals surface area (Å²) in [6.45, 7) is 11.1. The highest BCUT2D eigenvalue weighted by Gasteiger charge is 2.31. The standard InChI is InChI=1S/C11H22N2S.ClH/c1-10-7-13(5-6-14-10)9-11(2)3-4-12-8-11;/h10,12H,3-9H2,1-2H3;1H. The fraction of sp³-hybridized carbons (Fsp3) is 1.00. The van der Waals surface area contributed by atoms with Crippen LogP contribution in [0, 0.1) is 5.41 Å². The molecule has 0 spiro atoms. The molecule has 1 N–H and O–H groups in total. The maximum absolute atomic E-state index is 3.48. The molecular weight excluding hydrogens is 228 g/mol. The second-order valence-electron chi connectivity index (χ2n) is 5.15. The summed E-state index contributed by atoms with van der Waals surface area (Å²) in [4.78, 5) is 2.66. The largest absolute Gasteiger partial charge is 0.316 e. The van der Waals surface area contributed by atoms with Gasteiger partial charge in [0.2, 0.25) is 0 Å². The Morgan fingerprint density at radius 3 is 2.93 bits per heavy atom. The average Bonchev–Trinajstić information content (AvgIpc) is 2.51. The van der Waals surface area contributed by atoms with Crippen LogP contribution in [-0.4, -0.2) is 48.6 Å². The molecule has 0 aromatic heterocycles. The Morgan fingerprint density at radius 1 is 1.53 bits per heavy atom. The Hall–Kier alpha value is 0.560. The van der Waals surface area contributed by atoms with Crippen molar-refractivity contribution in [3.05, 3.63) is 0 Å². The van der Waals surface area contributed by atoms with Crippen molar-refractivity contribution in [2.45, 2.75) is 25.5 Å². The Morgan fingerprint density at radius 2 is 2.33 bits per heavy atom. The van der Waals surface area contributed by atoms with Crippen LogP contribution >= 0.6 is 24.2 Å². The molecule has 2 rings (SSSR count). The lowest BCUT2D eigenvalue weighted by Gasteiger charge is -2.36. The van der Waals surface area contributed by atoms with Crippen molar-refractivity contribution in [2.75, 3.05) is 38.5 Å². The summed E-state index contributed by atoms with van der Waals surface area (Å²) in [5.74, 6) is 1.32. The van der Waals surface area contributed by atoms with E-state index in [2.05, 4.69) is 35.8 Å². The molecule has 0 aromatic carbocycles. The first kappa shape index (κ1) is 13.6. The highest BCUT2D eigenvalue weighted by Crippen LogP contribution is 2.28. The monoisotopic (exact) mass is 250 g/mol. The Labute approximate surface area is 104 Å². The first-order valence-corrected chi connectivity index (χ1v) is 6.78. The van der Waals surface area contributed by atoms with Crippen molar-refractivity contribution < 1.29 is 0 Å². The number of nitrogens with zero attached hydrogens (tertiary/aromatic N) is 1. The van der Waals surface area contributed by atoms with E-state index in [9.17, 15) is 0 Å². The number of hydrogen-bond acceptors (Lipinski definition) is 3. The van der Waals surface area contributed by atoms with Crippen LogP contribution in [0.2, 0.25) is 0 Å². The molecule has 0 bridgehead atoms. The van der Waals surface area contributed by atoms with Gasteiger partial charge in [-0.1, -0.05) is 13.8 Å². The summed E-state index contributed by atoms with van der Waals surface area (Å²) in [7, 11) is 0. The van der Waals surface area contributed by atoms with Crippen molar-refractivity contribution in [1.29, 1.82) is 0 Å². The maximum Gasteiger partial charge on any atom is 0.0147 e. The SMILES string of the molecule is CC1CN(CC2(C)CCNC2)CCS1.Cl. The molecule has 0 aromatic rings. The zero-order valence-corrected chi connectivity index (χ0v) is 11.4. The number of thioether (sulfide) groups is 1. The summed E-state index contributed by atoms with van der Waals surface area (Å²) >= 11 is 2.12. The van der Waals surface area contributed by atoms with Gasteiger partial charge in [0.25, 0.3) is 0 Å². The summed E-state index contributed by atoms with van der Waals surface area (Å²) in [5, 5.41) is 4.32. The minimum Gasteiger partial charge on any atom is -0.316 e. The van der Waals surface area contributed by atoms with Crippen LogP contribution in [0.3, 0.4) is 0 Å². The first-order chi connectivity index (χ1) is 6.68. The van der Waals surface area contributed by atoms with Gasteiger partial charge in [0.1, 0.15) is 0 Å². The molecule has 90 valence electrons. The number of halogens is 1. The number of hydrogen-bond donors (Lipinski definition) is 1. The van der Waals surface area contributed by atoms with Crippen molar-refractivity contribution in [3.63, 3.8) is 0 Å². The third kappa shape index (κ3) is 3.81. The molecule has 2 aliphatic rings. The van der Waals surface area contributed by atoms with Gasteiger partial charge in [-0.05, 0) is 18.4 Å². The lowest BCUT2D eigenvalue weighted by atomic mass is 9.89. The van der Waals surface area contributed by atoms with E-state index in [4.69, 9.17) is 0 Å². The molecule has 4 heteroatoms. The van der Waals surface area contributed by atoms with Gasteiger partial charge in [0.15, 0.2) is 0 Å². The Bertz CT molecular complexity index is 195. The van der Waals surface area contributed by atoms with Gasteiger partial charge in [-0.3, -0.25) is 0 Å². The minimum absolute atomic E-state index is 0. The molecule has 2 aliphatic heterocycles. The molecule has 0 amide bonds. The molecule has 2 unspecified atom stereocenters. The van der Waals surface area contributed by atoms with Crippen LogP contribution in [0.4, 0.5) is 0 Å². The Kier molecular flexibility index (Phi) is 5.23. The van der Waals surface area contributed by atoms with E-state index in [0.717, 1.165) is 5.25 Å². The van der Waals surface area contributed by atoms with E-state index in [-0.39, 0.29) is 12.4 Å². The fourth-order valence-electron chi connectivity index (χ4n) is 2.58. The van der Waals surface area contributed by atoms with E-state index >= 15 is 0 Å². The van der Waals surface area contributed by atoms with Crippen LogP contribution in [0.1, 0.15) is 20.3 Å². The van der Waals surface area contributed by atoms with Gasteiger partial charge in [-0.25, -0.2) is 0 Å². The quantitative estimate of drug-likeness (QED) is 0.805. The van der Waals surface area contributed by atoms with Gasteiger partial charge in [-0.15, -0.1) is 12.4 Å². The van der Waals surface area contributed by atoms with E-state index < -0.39 is 0 Å². The van der Waals surface area contributed by atoms with Crippen molar-refractivity contribution >= 4 is 24.2 Å². The average molecular weight is 251 g/mol. The molecular formula is C11H23ClN2S. The minimum atomic E-state index is 0. The van der Waals surface area contributed by atoms with E-state index in [1.165, 1.54) is 44.9 Å². The van der Waals surface area contributed by atoms with E-state index in [1.54, 1.807) is 0 Å². The van der Waals surface area contributed by atoms with Crippen LogP contribution < -0.4 is 5.32 Å². The summed E-state index contributed by atoms with van der Waals surface area (Å²) in [6.07, 6.45) is 1.35. The maximum atomic E-state index is 3.48. The second kappa shape index (κ2) is 5.76. The van der Waals surface area contributed by atoms with E-state index in [1.807, 2.05) is 0 Å². The zero-order valence-electron chi connectivity index (χ0n) is 9.79. The Balaban J connectivity index is 0.00000112. The van der Waals surface area contributed by atoms with Gasteiger partial charge in [0.05, 0.1) is 0 Å². The topological polar surface area (TPSA) is 15.3 Å². The molecule has 15 heavy (non-hydrogen) atoms. The third-order valence-electron chi connectivity index (χ3n) is 3.39. The van der Waals surface area contributed by atoms with Crippen LogP contribution in [0.15, 0.2) is 0 Å². The predicted molar refractivity (Wildman–Crippen MR) is 71.2 cm³/mol. The molecule has 2 nitrogen and oxygen atoms in total. The van der Waals surface area contributed by atoms with Crippen molar-refractivity contribution in [2.24, 2.45) is 5.41 Å². The summed E-state index contributed by atoms with van der Waals surface area (Å²) < 4.78 is 0. The lowest BCUT2D eigenvalue weighted by Crippen LogP contribution is -2.43. The van der Waals surface area contributed by atoms with Gasteiger partial charge < -0.3 is 10.2 Å². The van der Waals surface area contributed by atoms with Crippen LogP contribution in [0.5, 0.6) is 0 Å². The van der Waals surface area contributed by atoms with Crippen LogP contribution in [-0.2, 0) is 0 Å². The molecule has 0 saturated carbocycles. The molecule has 2 heterocycles. The normalized spacial score (nSPS) is 37.6. The van der Waals surface area contributed by atoms with Gasteiger partial charge >= 0.3 is 0 Å². The molecule has 2 atom stereocenters. The number of rotatable bonds is 2. The smallest absolute Gasteiger partial charge is 0.0147 e. The van der Waals surface area contributed by atoms with Gasteiger partial charge in [0, 0.05) is 37.2 Å². The third-order valence-corrected chi connectivity index (χ3v) is 4.52. The molecule has 0 aliphatic carbocycles. The van der Waals surface area contributed by atoms with Crippen LogP contribution in [0.25, 0.3) is 0 Å². The number of nitrogens with one attached hydrogen (secondary N) is 1. The van der Waals surface area contributed by atoms with Crippen molar-refractivity contribution in [1.82, 2.24) is 10.2 Å². The second-order valence-corrected chi connectivity index (χ2v) is 6.70. The summed E-state index contributed by atoms with van der Waals surface area (Å²) in [6, 6.07) is 0. The first-order valence-electron chi connectivity index (χ1n) is 5.73. The zero-order chi connectivity index (χ0) is 10.0. The van der Waals surface area contributed by atoms with Crippen molar-refractivity contribution in [3.8, 4) is 0 Å². The molecule has 2 fully saturated rings. The lowest BCUT2D eigenvalue weighted by molar-refractivity contribution is 0.184. The fourth-order valence-corrected chi connectivity index (χ4v) is 3.66.